The summed E-state index contributed by atoms with van der Waals surface area (Å²) in [6.45, 7) is 10.5. The molecule has 1 aliphatic rings. The van der Waals surface area contributed by atoms with Crippen LogP contribution in [-0.2, 0) is 4.79 Å². The molecule has 1 fully saturated rings. The Hall–Kier alpha value is -1.19. The highest BCUT2D eigenvalue weighted by atomic mass is 16.5. The summed E-state index contributed by atoms with van der Waals surface area (Å²) in [5.41, 5.74) is 0.384. The van der Waals surface area contributed by atoms with Crippen LogP contribution in [0.25, 0.3) is 0 Å². The van der Waals surface area contributed by atoms with E-state index < -0.39 is 0 Å². The second-order valence-corrected chi connectivity index (χ2v) is 7.48. The van der Waals surface area contributed by atoms with Crippen molar-refractivity contribution < 1.29 is 9.32 Å². The molecule has 1 aliphatic carbocycles. The average molecular weight is 292 g/mol. The second kappa shape index (κ2) is 6.29. The minimum absolute atomic E-state index is 0.101. The second-order valence-electron chi connectivity index (χ2n) is 7.48. The SMILES string of the molecule is CCC(C(C)=O)c1nc(C2CCC(C(C)(C)C)CC2)no1. The molecule has 118 valence electrons. The van der Waals surface area contributed by atoms with Crippen LogP contribution in [0, 0.1) is 11.3 Å². The van der Waals surface area contributed by atoms with E-state index in [0.29, 0.717) is 23.6 Å². The number of ketones is 1. The number of aromatic nitrogens is 2. The van der Waals surface area contributed by atoms with Crippen molar-refractivity contribution in [2.75, 3.05) is 0 Å². The number of Topliss-reactive ketones (excluding diaryl/α,β-unsaturated/α-hetero) is 1. The Morgan fingerprint density at radius 1 is 1.29 bits per heavy atom. The first-order valence-corrected chi connectivity index (χ1v) is 8.16. The summed E-state index contributed by atoms with van der Waals surface area (Å²) < 4.78 is 5.34. The van der Waals surface area contributed by atoms with Gasteiger partial charge in [0.1, 0.15) is 5.78 Å². The summed E-state index contributed by atoms with van der Waals surface area (Å²) in [6.07, 6.45) is 5.41. The van der Waals surface area contributed by atoms with Gasteiger partial charge in [-0.3, -0.25) is 4.79 Å². The predicted molar refractivity (Wildman–Crippen MR) is 82.2 cm³/mol. The van der Waals surface area contributed by atoms with Gasteiger partial charge in [-0.25, -0.2) is 0 Å². The molecule has 1 saturated carbocycles. The van der Waals surface area contributed by atoms with Crippen molar-refractivity contribution in [3.63, 3.8) is 0 Å². The molecule has 1 atom stereocenters. The van der Waals surface area contributed by atoms with Crippen LogP contribution in [0.5, 0.6) is 0 Å². The smallest absolute Gasteiger partial charge is 0.237 e. The van der Waals surface area contributed by atoms with Crippen molar-refractivity contribution in [1.29, 1.82) is 0 Å². The highest BCUT2D eigenvalue weighted by Crippen LogP contribution is 2.42. The topological polar surface area (TPSA) is 56.0 Å². The van der Waals surface area contributed by atoms with Gasteiger partial charge in [0, 0.05) is 5.92 Å². The molecule has 2 rings (SSSR count). The maximum absolute atomic E-state index is 11.6. The number of rotatable bonds is 4. The van der Waals surface area contributed by atoms with Crippen molar-refractivity contribution in [1.82, 2.24) is 10.1 Å². The van der Waals surface area contributed by atoms with Gasteiger partial charge >= 0.3 is 0 Å². The van der Waals surface area contributed by atoms with Crippen LogP contribution in [0.2, 0.25) is 0 Å². The summed E-state index contributed by atoms with van der Waals surface area (Å²) in [5, 5.41) is 4.14. The quantitative estimate of drug-likeness (QED) is 0.821. The van der Waals surface area contributed by atoms with Crippen LogP contribution in [0.15, 0.2) is 4.52 Å². The van der Waals surface area contributed by atoms with Gasteiger partial charge in [-0.1, -0.05) is 32.9 Å². The molecule has 4 nitrogen and oxygen atoms in total. The van der Waals surface area contributed by atoms with E-state index in [1.807, 2.05) is 6.92 Å². The fourth-order valence-electron chi connectivity index (χ4n) is 3.41. The van der Waals surface area contributed by atoms with Crippen molar-refractivity contribution in [2.45, 2.75) is 78.6 Å². The number of hydrogen-bond acceptors (Lipinski definition) is 4. The lowest BCUT2D eigenvalue weighted by Gasteiger charge is -2.36. The Balaban J connectivity index is 2.02. The zero-order valence-corrected chi connectivity index (χ0v) is 14.0. The van der Waals surface area contributed by atoms with Crippen LogP contribution in [0.4, 0.5) is 0 Å². The predicted octanol–water partition coefficient (Wildman–Crippen LogP) is 4.47. The Kier molecular flexibility index (Phi) is 4.84. The molecule has 1 unspecified atom stereocenters. The molecule has 1 heterocycles. The maximum atomic E-state index is 11.6. The van der Waals surface area contributed by atoms with Gasteiger partial charge in [0.05, 0.1) is 5.92 Å². The van der Waals surface area contributed by atoms with E-state index in [-0.39, 0.29) is 11.7 Å². The maximum Gasteiger partial charge on any atom is 0.237 e. The lowest BCUT2D eigenvalue weighted by atomic mass is 9.70. The van der Waals surface area contributed by atoms with Gasteiger partial charge < -0.3 is 4.52 Å². The lowest BCUT2D eigenvalue weighted by Crippen LogP contribution is -2.25. The minimum Gasteiger partial charge on any atom is -0.339 e. The number of carbonyl (C=O) groups excluding carboxylic acids is 1. The fourth-order valence-corrected chi connectivity index (χ4v) is 3.41. The molecule has 0 saturated heterocycles. The molecule has 21 heavy (non-hydrogen) atoms. The van der Waals surface area contributed by atoms with Gasteiger partial charge in [0.25, 0.3) is 0 Å². The molecule has 0 N–H and O–H groups in total. The van der Waals surface area contributed by atoms with Crippen LogP contribution in [-0.4, -0.2) is 15.9 Å². The highest BCUT2D eigenvalue weighted by molar-refractivity contribution is 5.82. The molecule has 1 aromatic rings. The molecular weight excluding hydrogens is 264 g/mol. The summed E-state index contributed by atoms with van der Waals surface area (Å²) in [5.74, 6) is 2.34. The molecule has 0 bridgehead atoms. The summed E-state index contributed by atoms with van der Waals surface area (Å²) in [7, 11) is 0. The van der Waals surface area contributed by atoms with E-state index >= 15 is 0 Å². The van der Waals surface area contributed by atoms with E-state index in [4.69, 9.17) is 4.52 Å². The zero-order chi connectivity index (χ0) is 15.6. The van der Waals surface area contributed by atoms with Crippen LogP contribution >= 0.6 is 0 Å². The first-order chi connectivity index (χ1) is 9.82. The van der Waals surface area contributed by atoms with Crippen LogP contribution < -0.4 is 0 Å². The monoisotopic (exact) mass is 292 g/mol. The summed E-state index contributed by atoms with van der Waals surface area (Å²) >= 11 is 0. The highest BCUT2D eigenvalue weighted by Gasteiger charge is 2.32. The molecule has 0 amide bonds. The molecule has 0 radical (unpaired) electrons. The Bertz CT molecular complexity index is 479. The van der Waals surface area contributed by atoms with Crippen molar-refractivity contribution in [3.8, 4) is 0 Å². The zero-order valence-electron chi connectivity index (χ0n) is 14.0. The van der Waals surface area contributed by atoms with Crippen molar-refractivity contribution >= 4 is 5.78 Å². The number of carbonyl (C=O) groups is 1. The van der Waals surface area contributed by atoms with Crippen molar-refractivity contribution in [3.05, 3.63) is 11.7 Å². The van der Waals surface area contributed by atoms with Gasteiger partial charge in [-0.2, -0.15) is 4.98 Å². The molecule has 1 aromatic heterocycles. The standard InChI is InChI=1S/C17H28N2O2/c1-6-14(11(2)20)16-18-15(19-21-16)12-7-9-13(10-8-12)17(3,4)5/h12-14H,6-10H2,1-5H3. The van der Waals surface area contributed by atoms with E-state index in [2.05, 4.69) is 30.9 Å². The van der Waals surface area contributed by atoms with E-state index in [0.717, 1.165) is 24.6 Å². The Morgan fingerprint density at radius 2 is 1.90 bits per heavy atom. The fraction of sp³-hybridized carbons (Fsp3) is 0.824. The lowest BCUT2D eigenvalue weighted by molar-refractivity contribution is -0.119. The molecular formula is C17H28N2O2. The van der Waals surface area contributed by atoms with Crippen LogP contribution in [0.1, 0.15) is 90.3 Å². The summed E-state index contributed by atoms with van der Waals surface area (Å²) in [4.78, 5) is 16.1. The number of hydrogen-bond donors (Lipinski definition) is 0. The molecule has 4 heteroatoms. The normalized spacial score (nSPS) is 24.8. The van der Waals surface area contributed by atoms with E-state index in [1.54, 1.807) is 6.92 Å². The van der Waals surface area contributed by atoms with Gasteiger partial charge in [-0.15, -0.1) is 0 Å². The average Bonchev–Trinajstić information content (AvgIpc) is 2.88. The number of nitrogens with zero attached hydrogens (tertiary/aromatic N) is 2. The van der Waals surface area contributed by atoms with E-state index in [1.165, 1.54) is 12.8 Å². The minimum atomic E-state index is -0.239. The first-order valence-electron chi connectivity index (χ1n) is 8.16. The van der Waals surface area contributed by atoms with Crippen LogP contribution in [0.3, 0.4) is 0 Å². The molecule has 0 spiro atoms. The Labute approximate surface area is 127 Å². The third-order valence-corrected chi connectivity index (χ3v) is 4.97. The molecule has 0 aromatic carbocycles. The molecule has 0 aliphatic heterocycles. The van der Waals surface area contributed by atoms with Crippen molar-refractivity contribution in [2.24, 2.45) is 11.3 Å². The Morgan fingerprint density at radius 3 is 2.38 bits per heavy atom. The van der Waals surface area contributed by atoms with Gasteiger partial charge in [0.15, 0.2) is 5.82 Å². The van der Waals surface area contributed by atoms with Gasteiger partial charge in [-0.05, 0) is 50.4 Å². The van der Waals surface area contributed by atoms with E-state index in [9.17, 15) is 4.79 Å². The van der Waals surface area contributed by atoms with Gasteiger partial charge in [0.2, 0.25) is 5.89 Å². The third kappa shape index (κ3) is 3.72. The largest absolute Gasteiger partial charge is 0.339 e. The third-order valence-electron chi connectivity index (χ3n) is 4.97. The summed E-state index contributed by atoms with van der Waals surface area (Å²) in [6, 6.07) is 0. The first kappa shape index (κ1) is 16.2.